The molecule has 13 nitrogen and oxygen atoms in total. The number of hydrogen-bond donors (Lipinski definition) is 3. The molecule has 6 heterocycles. The highest BCUT2D eigenvalue weighted by molar-refractivity contribution is 7.98. The number of nitrogens with zero attached hydrogens (tertiary/aromatic N) is 6. The lowest BCUT2D eigenvalue weighted by molar-refractivity contribution is 0.0321. The Bertz CT molecular complexity index is 2440. The number of thioether (sulfide) groups is 1. The van der Waals surface area contributed by atoms with Gasteiger partial charge in [0.2, 0.25) is 0 Å². The van der Waals surface area contributed by atoms with Gasteiger partial charge in [0.1, 0.15) is 47.4 Å². The predicted octanol–water partition coefficient (Wildman–Crippen LogP) is 8.31. The van der Waals surface area contributed by atoms with Gasteiger partial charge in [-0.2, -0.15) is 0 Å². The first-order chi connectivity index (χ1) is 29.5. The summed E-state index contributed by atoms with van der Waals surface area (Å²) in [7, 11) is 1.82. The van der Waals surface area contributed by atoms with Crippen LogP contribution in [-0.4, -0.2) is 126 Å². The molecule has 0 spiro atoms. The summed E-state index contributed by atoms with van der Waals surface area (Å²) in [4.78, 5) is 30.4. The molecule has 3 N–H and O–H groups in total. The number of imidazole rings is 2. The minimum absolute atomic E-state index is 0.559. The van der Waals surface area contributed by atoms with Gasteiger partial charge in [0.25, 0.3) is 0 Å². The number of ether oxygens (including phenoxy) is 4. The van der Waals surface area contributed by atoms with Crippen LogP contribution in [0.1, 0.15) is 5.56 Å². The number of aromatic amines is 2. The van der Waals surface area contributed by atoms with Crippen LogP contribution in [0.5, 0.6) is 11.5 Å². The zero-order valence-electron chi connectivity index (χ0n) is 33.3. The first-order valence-corrected chi connectivity index (χ1v) is 21.7. The quantitative estimate of drug-likeness (QED) is 0.0907. The SMILES string of the molecule is CNc1c(Cl)cnc2nc(-c3ccc(OCCN4CCOCC4)cc3)[nH]c12.Clc1cnc2nc(-c3ccc(OCCN4CCOCC4)cc3)[nH]c2c1SCc1ccccc1. The van der Waals surface area contributed by atoms with Crippen molar-refractivity contribution in [1.82, 2.24) is 39.7 Å². The van der Waals surface area contributed by atoms with Crippen LogP contribution in [0.3, 0.4) is 0 Å². The maximum atomic E-state index is 6.49. The minimum Gasteiger partial charge on any atom is -0.492 e. The molecule has 0 atom stereocenters. The van der Waals surface area contributed by atoms with Crippen molar-refractivity contribution in [3.05, 3.63) is 107 Å². The van der Waals surface area contributed by atoms with E-state index in [1.807, 2.05) is 73.8 Å². The highest BCUT2D eigenvalue weighted by Crippen LogP contribution is 2.36. The Morgan fingerprint density at radius 2 is 1.17 bits per heavy atom. The van der Waals surface area contributed by atoms with E-state index in [0.29, 0.717) is 34.6 Å². The number of nitrogens with one attached hydrogen (secondary N) is 3. The van der Waals surface area contributed by atoms with Crippen LogP contribution in [0.15, 0.2) is 96.2 Å². The van der Waals surface area contributed by atoms with Crippen molar-refractivity contribution in [2.24, 2.45) is 0 Å². The molecule has 7 aromatic rings. The number of H-pyrrole nitrogens is 2. The number of aromatic nitrogens is 6. The van der Waals surface area contributed by atoms with E-state index in [1.54, 1.807) is 24.2 Å². The number of rotatable bonds is 14. The van der Waals surface area contributed by atoms with E-state index < -0.39 is 0 Å². The molecule has 2 aliphatic rings. The van der Waals surface area contributed by atoms with Crippen LogP contribution in [-0.2, 0) is 15.2 Å². The highest BCUT2D eigenvalue weighted by Gasteiger charge is 2.16. The van der Waals surface area contributed by atoms with Crippen LogP contribution >= 0.6 is 35.0 Å². The van der Waals surface area contributed by atoms with Gasteiger partial charge in [0.05, 0.1) is 53.3 Å². The molecule has 0 aliphatic carbocycles. The largest absolute Gasteiger partial charge is 0.492 e. The number of morpholine rings is 2. The van der Waals surface area contributed by atoms with E-state index in [1.165, 1.54) is 5.56 Å². The zero-order chi connectivity index (χ0) is 41.1. The molecule has 0 radical (unpaired) electrons. The molecule has 2 aliphatic heterocycles. The summed E-state index contributed by atoms with van der Waals surface area (Å²) in [5.74, 6) is 4.03. The Kier molecular flexibility index (Phi) is 14.3. The third kappa shape index (κ3) is 10.7. The number of benzene rings is 3. The molecule has 0 amide bonds. The monoisotopic (exact) mass is 867 g/mol. The van der Waals surface area contributed by atoms with Crippen molar-refractivity contribution in [2.75, 3.05) is 91.3 Å². The Morgan fingerprint density at radius 3 is 1.70 bits per heavy atom. The van der Waals surface area contributed by atoms with Crippen LogP contribution in [0, 0.1) is 0 Å². The minimum atomic E-state index is 0.559. The number of pyridine rings is 2. The van der Waals surface area contributed by atoms with Gasteiger partial charge in [-0.3, -0.25) is 9.80 Å². The molecule has 3 aromatic carbocycles. The van der Waals surface area contributed by atoms with Crippen molar-refractivity contribution in [3.63, 3.8) is 0 Å². The summed E-state index contributed by atoms with van der Waals surface area (Å²) < 4.78 is 22.5. The van der Waals surface area contributed by atoms with Crippen molar-refractivity contribution < 1.29 is 18.9 Å². The van der Waals surface area contributed by atoms with Gasteiger partial charge in [-0.25, -0.2) is 19.9 Å². The summed E-state index contributed by atoms with van der Waals surface area (Å²) in [6, 6.07) is 26.2. The van der Waals surface area contributed by atoms with Crippen molar-refractivity contribution in [1.29, 1.82) is 0 Å². The van der Waals surface area contributed by atoms with Crippen LogP contribution in [0.2, 0.25) is 10.0 Å². The van der Waals surface area contributed by atoms with E-state index >= 15 is 0 Å². The highest BCUT2D eigenvalue weighted by atomic mass is 35.5. The topological polar surface area (TPSA) is 139 Å². The van der Waals surface area contributed by atoms with E-state index in [2.05, 4.69) is 52.2 Å². The van der Waals surface area contributed by atoms with Crippen LogP contribution in [0.4, 0.5) is 5.69 Å². The van der Waals surface area contributed by atoms with E-state index in [4.69, 9.17) is 47.1 Å². The van der Waals surface area contributed by atoms with Gasteiger partial charge in [0, 0.05) is 69.4 Å². The second kappa shape index (κ2) is 20.6. The third-order valence-corrected chi connectivity index (χ3v) is 12.1. The Morgan fingerprint density at radius 1 is 0.667 bits per heavy atom. The fraction of sp³-hybridized carbons (Fsp3) is 0.318. The third-order valence-electron chi connectivity index (χ3n) is 10.2. The van der Waals surface area contributed by atoms with Gasteiger partial charge >= 0.3 is 0 Å². The van der Waals surface area contributed by atoms with E-state index in [-0.39, 0.29) is 0 Å². The molecule has 2 saturated heterocycles. The Balaban J connectivity index is 0.000000170. The predicted molar refractivity (Wildman–Crippen MR) is 240 cm³/mol. The second-order valence-electron chi connectivity index (χ2n) is 14.2. The smallest absolute Gasteiger partial charge is 0.180 e. The standard InChI is InChI=1S/C25H25ClN4O2S.C19H22ClN5O2/c26-21-16-27-25-22(23(21)33-17-18-4-2-1-3-5-18)28-24(29-25)19-6-8-20(9-7-19)32-15-12-30-10-13-31-14-11-30;1-21-16-15(20)12-22-19-17(16)23-18(24-19)13-2-4-14(5-3-13)27-11-8-25-6-9-26-10-7-25/h1-9,16H,10-15,17H2,(H,27,28,29);2-5,12H,6-11H2,1H3,(H2,21,22,23,24). The lowest BCUT2D eigenvalue weighted by Crippen LogP contribution is -2.38. The summed E-state index contributed by atoms with van der Waals surface area (Å²) in [5.41, 5.74) is 6.93. The van der Waals surface area contributed by atoms with Gasteiger partial charge in [-0.1, -0.05) is 53.5 Å². The average Bonchev–Trinajstić information content (AvgIpc) is 3.93. The first-order valence-electron chi connectivity index (χ1n) is 20.0. The second-order valence-corrected chi connectivity index (χ2v) is 16.0. The molecule has 312 valence electrons. The summed E-state index contributed by atoms with van der Waals surface area (Å²) in [6.07, 6.45) is 3.28. The molecular weight excluding hydrogens is 822 g/mol. The van der Waals surface area contributed by atoms with Gasteiger partial charge in [-0.05, 0) is 54.1 Å². The summed E-state index contributed by atoms with van der Waals surface area (Å²) in [5, 5.41) is 4.27. The number of hydrogen-bond acceptors (Lipinski definition) is 12. The molecule has 0 unspecified atom stereocenters. The van der Waals surface area contributed by atoms with Crippen LogP contribution in [0.25, 0.3) is 45.1 Å². The van der Waals surface area contributed by atoms with E-state index in [0.717, 1.165) is 127 Å². The maximum Gasteiger partial charge on any atom is 0.180 e. The summed E-state index contributed by atoms with van der Waals surface area (Å²) in [6.45, 7) is 10.3. The number of fused-ring (bicyclic) bond motifs is 2. The molecule has 60 heavy (non-hydrogen) atoms. The Labute approximate surface area is 363 Å². The molecule has 16 heteroatoms. The zero-order valence-corrected chi connectivity index (χ0v) is 35.7. The fourth-order valence-electron chi connectivity index (χ4n) is 6.89. The number of anilines is 1. The molecule has 0 saturated carbocycles. The fourth-order valence-corrected chi connectivity index (χ4v) is 8.41. The van der Waals surface area contributed by atoms with Crippen molar-refractivity contribution in [3.8, 4) is 34.3 Å². The van der Waals surface area contributed by atoms with Crippen LogP contribution < -0.4 is 14.8 Å². The van der Waals surface area contributed by atoms with Gasteiger partial charge in [0.15, 0.2) is 11.3 Å². The average molecular weight is 869 g/mol. The molecular formula is C44H47Cl2N9O4S. The lowest BCUT2D eigenvalue weighted by Gasteiger charge is -2.26. The molecule has 2 fully saturated rings. The van der Waals surface area contributed by atoms with Gasteiger partial charge in [-0.15, -0.1) is 11.8 Å². The molecule has 0 bridgehead atoms. The first kappa shape index (κ1) is 41.8. The van der Waals surface area contributed by atoms with Crippen molar-refractivity contribution in [2.45, 2.75) is 10.6 Å². The Hall–Kier alpha value is -4.93. The van der Waals surface area contributed by atoms with E-state index in [9.17, 15) is 0 Å². The normalized spacial score (nSPS) is 14.8. The maximum absolute atomic E-state index is 6.49. The number of halogens is 2. The lowest BCUT2D eigenvalue weighted by atomic mass is 10.2. The van der Waals surface area contributed by atoms with Crippen molar-refractivity contribution >= 4 is 63.0 Å². The summed E-state index contributed by atoms with van der Waals surface area (Å²) >= 11 is 14.4. The van der Waals surface area contributed by atoms with Gasteiger partial charge < -0.3 is 34.2 Å². The molecule has 9 rings (SSSR count). The molecule has 4 aromatic heterocycles.